The first-order valence-corrected chi connectivity index (χ1v) is 12.9. The lowest BCUT2D eigenvalue weighted by Crippen LogP contribution is -2.50. The summed E-state index contributed by atoms with van der Waals surface area (Å²) in [5, 5.41) is 15.6. The van der Waals surface area contributed by atoms with Gasteiger partial charge in [-0.15, -0.1) is 0 Å². The topological polar surface area (TPSA) is 62.5 Å². The van der Waals surface area contributed by atoms with Crippen molar-refractivity contribution >= 4 is 22.7 Å². The highest BCUT2D eigenvalue weighted by Crippen LogP contribution is 2.37. The zero-order valence-corrected chi connectivity index (χ0v) is 21.0. The van der Waals surface area contributed by atoms with E-state index in [4.69, 9.17) is 9.57 Å². The van der Waals surface area contributed by atoms with Crippen molar-refractivity contribution in [2.24, 2.45) is 11.1 Å². The molecule has 1 aromatic heterocycles. The van der Waals surface area contributed by atoms with Crippen LogP contribution in [0.3, 0.4) is 0 Å². The lowest BCUT2D eigenvalue weighted by molar-refractivity contribution is 0.0101. The molecule has 3 aliphatic heterocycles. The third kappa shape index (κ3) is 4.54. The molecule has 3 aromatic rings. The number of fused-ring (bicyclic) bond motifs is 4. The van der Waals surface area contributed by atoms with E-state index in [-0.39, 0.29) is 12.0 Å². The number of benzene rings is 2. The first-order valence-electron chi connectivity index (χ1n) is 12.9. The molecule has 4 heterocycles. The molecule has 0 radical (unpaired) electrons. The second-order valence-corrected chi connectivity index (χ2v) is 10.3. The van der Waals surface area contributed by atoms with Crippen LogP contribution in [0.1, 0.15) is 31.2 Å². The molecule has 1 saturated heterocycles. The van der Waals surface area contributed by atoms with Gasteiger partial charge >= 0.3 is 0 Å². The molecule has 3 aliphatic rings. The van der Waals surface area contributed by atoms with E-state index in [1.807, 2.05) is 22.9 Å². The standard InChI is InChI=1S/C29H34N4O3/c1-20(14-22-6-4-3-5-7-22)17-31-10-12-32(13-11-31)18-28-25-19-35-27-16-26-23(8-9-33(26)21(2)34)15-24(27)29(25)30-36-28/h3-9,14-16,21,25,28,34H,10-13,17-19H2,1-2H3. The Morgan fingerprint density at radius 3 is 2.67 bits per heavy atom. The van der Waals surface area contributed by atoms with Gasteiger partial charge in [-0.05, 0) is 31.5 Å². The predicted molar refractivity (Wildman–Crippen MR) is 142 cm³/mol. The van der Waals surface area contributed by atoms with E-state index in [0.29, 0.717) is 6.61 Å². The number of rotatable bonds is 6. The maximum atomic E-state index is 10.0. The van der Waals surface area contributed by atoms with Gasteiger partial charge < -0.3 is 19.2 Å². The number of nitrogens with zero attached hydrogens (tertiary/aromatic N) is 4. The van der Waals surface area contributed by atoms with Gasteiger partial charge in [-0.2, -0.15) is 0 Å². The molecule has 0 aliphatic carbocycles. The summed E-state index contributed by atoms with van der Waals surface area (Å²) >= 11 is 0. The molecular weight excluding hydrogens is 452 g/mol. The molecule has 2 aromatic carbocycles. The van der Waals surface area contributed by atoms with Crippen molar-refractivity contribution in [1.82, 2.24) is 14.4 Å². The van der Waals surface area contributed by atoms with Crippen molar-refractivity contribution in [2.75, 3.05) is 45.9 Å². The molecule has 0 amide bonds. The van der Waals surface area contributed by atoms with Crippen molar-refractivity contribution in [3.8, 4) is 5.75 Å². The number of aliphatic hydroxyl groups is 1. The summed E-state index contributed by atoms with van der Waals surface area (Å²) in [6.45, 7) is 10.6. The molecule has 0 saturated carbocycles. The average Bonchev–Trinajstić information content (AvgIpc) is 3.48. The van der Waals surface area contributed by atoms with Crippen molar-refractivity contribution in [3.05, 3.63) is 71.4 Å². The lowest BCUT2D eigenvalue weighted by atomic mass is 9.89. The van der Waals surface area contributed by atoms with Gasteiger partial charge in [0.1, 0.15) is 24.3 Å². The fourth-order valence-electron chi connectivity index (χ4n) is 5.66. The maximum absolute atomic E-state index is 10.0. The molecule has 36 heavy (non-hydrogen) atoms. The Labute approximate surface area is 212 Å². The summed E-state index contributed by atoms with van der Waals surface area (Å²) in [6, 6.07) is 16.7. The second-order valence-electron chi connectivity index (χ2n) is 10.3. The van der Waals surface area contributed by atoms with Crippen LogP contribution in [0.25, 0.3) is 17.0 Å². The highest BCUT2D eigenvalue weighted by molar-refractivity contribution is 6.08. The highest BCUT2D eigenvalue weighted by atomic mass is 16.6. The molecule has 188 valence electrons. The monoisotopic (exact) mass is 486 g/mol. The van der Waals surface area contributed by atoms with Crippen LogP contribution < -0.4 is 4.74 Å². The van der Waals surface area contributed by atoms with Crippen LogP contribution in [-0.4, -0.2) is 77.2 Å². The first kappa shape index (κ1) is 23.3. The summed E-state index contributed by atoms with van der Waals surface area (Å²) in [5.74, 6) is 0.956. The molecule has 1 fully saturated rings. The number of piperazine rings is 1. The summed E-state index contributed by atoms with van der Waals surface area (Å²) in [5.41, 5.74) is 5.62. The van der Waals surface area contributed by atoms with E-state index in [1.165, 1.54) is 11.1 Å². The number of ether oxygens (including phenoxy) is 1. The van der Waals surface area contributed by atoms with E-state index in [1.54, 1.807) is 6.92 Å². The summed E-state index contributed by atoms with van der Waals surface area (Å²) in [7, 11) is 0. The number of aliphatic hydroxyl groups excluding tert-OH is 1. The Balaban J connectivity index is 1.06. The van der Waals surface area contributed by atoms with Crippen molar-refractivity contribution in [2.45, 2.75) is 26.2 Å². The molecule has 1 N–H and O–H groups in total. The van der Waals surface area contributed by atoms with E-state index in [9.17, 15) is 5.11 Å². The quantitative estimate of drug-likeness (QED) is 0.571. The summed E-state index contributed by atoms with van der Waals surface area (Å²) < 4.78 is 8.04. The second kappa shape index (κ2) is 9.73. The minimum atomic E-state index is -0.585. The number of hydrogen-bond acceptors (Lipinski definition) is 6. The summed E-state index contributed by atoms with van der Waals surface area (Å²) in [6.07, 6.45) is 3.62. The van der Waals surface area contributed by atoms with E-state index in [2.05, 4.69) is 64.4 Å². The van der Waals surface area contributed by atoms with Gasteiger partial charge in [0.15, 0.2) is 6.10 Å². The summed E-state index contributed by atoms with van der Waals surface area (Å²) in [4.78, 5) is 11.0. The highest BCUT2D eigenvalue weighted by Gasteiger charge is 2.41. The largest absolute Gasteiger partial charge is 0.492 e. The smallest absolute Gasteiger partial charge is 0.151 e. The Morgan fingerprint density at radius 1 is 1.11 bits per heavy atom. The fourth-order valence-corrected chi connectivity index (χ4v) is 5.66. The SMILES string of the molecule is CC(=Cc1ccccc1)CN1CCN(CC2ON=C3c4cc5ccn(C(C)O)c5cc4OCC32)CC1. The molecule has 6 rings (SSSR count). The first-order chi connectivity index (χ1) is 17.5. The van der Waals surface area contributed by atoms with E-state index < -0.39 is 6.23 Å². The Hall–Kier alpha value is -3.13. The molecule has 0 spiro atoms. The number of oxime groups is 1. The van der Waals surface area contributed by atoms with Gasteiger partial charge in [0, 0.05) is 62.5 Å². The molecular formula is C29H34N4O3. The molecule has 3 unspecified atom stereocenters. The van der Waals surface area contributed by atoms with Crippen LogP contribution in [0.2, 0.25) is 0 Å². The molecule has 0 bridgehead atoms. The van der Waals surface area contributed by atoms with Gasteiger partial charge in [0.2, 0.25) is 0 Å². The van der Waals surface area contributed by atoms with Crippen molar-refractivity contribution in [3.63, 3.8) is 0 Å². The van der Waals surface area contributed by atoms with Gasteiger partial charge in [-0.25, -0.2) is 0 Å². The van der Waals surface area contributed by atoms with Crippen LogP contribution in [0.5, 0.6) is 5.75 Å². The zero-order valence-electron chi connectivity index (χ0n) is 21.0. The average molecular weight is 487 g/mol. The maximum Gasteiger partial charge on any atom is 0.151 e. The van der Waals surface area contributed by atoms with Gasteiger partial charge in [0.25, 0.3) is 0 Å². The number of hydrogen-bond donors (Lipinski definition) is 1. The Kier molecular flexibility index (Phi) is 6.29. The van der Waals surface area contributed by atoms with Crippen LogP contribution in [0.15, 0.2) is 65.5 Å². The Bertz CT molecular complexity index is 1290. The van der Waals surface area contributed by atoms with Crippen LogP contribution in [0, 0.1) is 5.92 Å². The van der Waals surface area contributed by atoms with Crippen molar-refractivity contribution in [1.29, 1.82) is 0 Å². The Morgan fingerprint density at radius 2 is 1.89 bits per heavy atom. The fraction of sp³-hybridized carbons (Fsp3) is 0.414. The minimum Gasteiger partial charge on any atom is -0.492 e. The van der Waals surface area contributed by atoms with Gasteiger partial charge in [0.05, 0.1) is 11.4 Å². The molecule has 7 heteroatoms. The van der Waals surface area contributed by atoms with Crippen LogP contribution >= 0.6 is 0 Å². The molecule has 7 nitrogen and oxygen atoms in total. The van der Waals surface area contributed by atoms with Gasteiger partial charge in [-0.1, -0.05) is 47.1 Å². The molecule has 3 atom stereocenters. The van der Waals surface area contributed by atoms with E-state index in [0.717, 1.165) is 67.2 Å². The van der Waals surface area contributed by atoms with E-state index >= 15 is 0 Å². The van der Waals surface area contributed by atoms with Gasteiger partial charge in [-0.3, -0.25) is 9.80 Å². The predicted octanol–water partition coefficient (Wildman–Crippen LogP) is 3.98. The van der Waals surface area contributed by atoms with Crippen LogP contribution in [-0.2, 0) is 4.84 Å². The van der Waals surface area contributed by atoms with Crippen molar-refractivity contribution < 1.29 is 14.7 Å². The normalized spacial score (nSPS) is 23.5. The third-order valence-electron chi connectivity index (χ3n) is 7.59. The third-order valence-corrected chi connectivity index (χ3v) is 7.59. The van der Waals surface area contributed by atoms with Crippen LogP contribution in [0.4, 0.5) is 0 Å². The lowest BCUT2D eigenvalue weighted by Gasteiger charge is -2.36. The number of aromatic nitrogens is 1. The minimum absolute atomic E-state index is 0.0113. The zero-order chi connectivity index (χ0) is 24.6.